The van der Waals surface area contributed by atoms with E-state index in [1.54, 1.807) is 66.7 Å². The second-order valence-electron chi connectivity index (χ2n) is 9.28. The second-order valence-corrected chi connectivity index (χ2v) is 10.6. The Morgan fingerprint density at radius 2 is 1.74 bits per heavy atom. The molecule has 0 aromatic heterocycles. The summed E-state index contributed by atoms with van der Waals surface area (Å²) >= 11 is 18.2. The molecule has 8 nitrogen and oxygen atoms in total. The van der Waals surface area contributed by atoms with Crippen LogP contribution in [0, 0.1) is 11.3 Å². The third kappa shape index (κ3) is 6.92. The van der Waals surface area contributed by atoms with Crippen molar-refractivity contribution in [2.45, 2.75) is 12.5 Å². The van der Waals surface area contributed by atoms with Gasteiger partial charge in [0.15, 0.2) is 18.1 Å². The number of methoxy groups -OCH3 is 1. The van der Waals surface area contributed by atoms with Gasteiger partial charge in [-0.15, -0.1) is 0 Å². The van der Waals surface area contributed by atoms with E-state index in [1.807, 2.05) is 6.07 Å². The number of fused-ring (bicyclic) bond motifs is 1. The summed E-state index contributed by atoms with van der Waals surface area (Å²) in [5, 5.41) is 11.5. The number of benzene rings is 4. The van der Waals surface area contributed by atoms with Gasteiger partial charge in [-0.25, -0.2) is 4.79 Å². The van der Waals surface area contributed by atoms with Crippen LogP contribution in [0.3, 0.4) is 0 Å². The van der Waals surface area contributed by atoms with Crippen LogP contribution < -0.4 is 29.4 Å². The molecular formula is C32H23Cl3N2O6. The number of nitrogens with two attached hydrogens (primary N) is 1. The highest BCUT2D eigenvalue weighted by molar-refractivity contribution is 6.35. The zero-order valence-corrected chi connectivity index (χ0v) is 24.9. The van der Waals surface area contributed by atoms with E-state index in [4.69, 9.17) is 64.2 Å². The van der Waals surface area contributed by atoms with Gasteiger partial charge in [-0.1, -0.05) is 59.1 Å². The highest BCUT2D eigenvalue weighted by Gasteiger charge is 2.32. The van der Waals surface area contributed by atoms with E-state index in [1.165, 1.54) is 13.2 Å². The van der Waals surface area contributed by atoms with Crippen molar-refractivity contribution >= 4 is 40.8 Å². The lowest BCUT2D eigenvalue weighted by Crippen LogP contribution is -2.21. The summed E-state index contributed by atoms with van der Waals surface area (Å²) in [4.78, 5) is 12.4. The Bertz CT molecular complexity index is 1770. The number of halogens is 3. The van der Waals surface area contributed by atoms with Gasteiger partial charge >= 0.3 is 5.97 Å². The lowest BCUT2D eigenvalue weighted by atomic mass is 9.83. The van der Waals surface area contributed by atoms with Crippen LogP contribution in [0.2, 0.25) is 15.1 Å². The molecule has 4 aromatic carbocycles. The topological polar surface area (TPSA) is 113 Å². The number of nitrogens with zero attached hydrogens (tertiary/aromatic N) is 1. The zero-order chi connectivity index (χ0) is 30.5. The van der Waals surface area contributed by atoms with E-state index in [0.717, 1.165) is 5.56 Å². The minimum atomic E-state index is -0.631. The van der Waals surface area contributed by atoms with E-state index >= 15 is 0 Å². The molecule has 11 heteroatoms. The maximum atomic E-state index is 12.4. The number of rotatable bonds is 9. The SMILES string of the molecule is COc1cc(C2C(C#N)=C(N)Oc3cc(OC(=O)COc4cccc(Cl)c4)ccc32)ccc1OCc1ccc(Cl)cc1Cl. The molecule has 5 rings (SSSR count). The molecule has 0 aliphatic carbocycles. The smallest absolute Gasteiger partial charge is 0.349 e. The van der Waals surface area contributed by atoms with Crippen molar-refractivity contribution in [1.82, 2.24) is 0 Å². The van der Waals surface area contributed by atoms with Crippen molar-refractivity contribution in [2.24, 2.45) is 5.73 Å². The fourth-order valence-electron chi connectivity index (χ4n) is 4.48. The van der Waals surface area contributed by atoms with Crippen molar-refractivity contribution in [2.75, 3.05) is 13.7 Å². The molecule has 4 aromatic rings. The monoisotopic (exact) mass is 636 g/mol. The Labute approximate surface area is 262 Å². The van der Waals surface area contributed by atoms with E-state index < -0.39 is 11.9 Å². The second kappa shape index (κ2) is 13.2. The van der Waals surface area contributed by atoms with Crippen molar-refractivity contribution in [3.63, 3.8) is 0 Å². The summed E-state index contributed by atoms with van der Waals surface area (Å²) in [7, 11) is 1.52. The van der Waals surface area contributed by atoms with Crippen LogP contribution in [-0.4, -0.2) is 19.7 Å². The number of esters is 1. The maximum absolute atomic E-state index is 12.4. The Kier molecular flexibility index (Phi) is 9.17. The zero-order valence-electron chi connectivity index (χ0n) is 22.6. The lowest BCUT2D eigenvalue weighted by molar-refractivity contribution is -0.136. The number of allylic oxidation sites excluding steroid dienone is 1. The first kappa shape index (κ1) is 29.9. The van der Waals surface area contributed by atoms with Crippen molar-refractivity contribution in [1.29, 1.82) is 5.26 Å². The van der Waals surface area contributed by atoms with Gasteiger partial charge in [0.25, 0.3) is 0 Å². The van der Waals surface area contributed by atoms with E-state index in [0.29, 0.717) is 49.2 Å². The molecule has 218 valence electrons. The molecule has 1 aliphatic heterocycles. The average Bonchev–Trinajstić information content (AvgIpc) is 2.99. The predicted molar refractivity (Wildman–Crippen MR) is 162 cm³/mol. The molecule has 0 radical (unpaired) electrons. The maximum Gasteiger partial charge on any atom is 0.349 e. The molecule has 1 unspecified atom stereocenters. The van der Waals surface area contributed by atoms with Gasteiger partial charge in [-0.05, 0) is 54.1 Å². The van der Waals surface area contributed by atoms with Gasteiger partial charge in [0, 0.05) is 32.3 Å². The third-order valence-corrected chi connectivity index (χ3v) is 7.32. The minimum Gasteiger partial charge on any atom is -0.493 e. The fourth-order valence-corrected chi connectivity index (χ4v) is 5.12. The average molecular weight is 638 g/mol. The molecule has 0 saturated heterocycles. The number of hydrogen-bond acceptors (Lipinski definition) is 8. The van der Waals surface area contributed by atoms with Crippen LogP contribution in [0.1, 0.15) is 22.6 Å². The molecule has 0 amide bonds. The van der Waals surface area contributed by atoms with E-state index in [2.05, 4.69) is 6.07 Å². The molecule has 0 bridgehead atoms. The van der Waals surface area contributed by atoms with Crippen molar-refractivity contribution in [3.05, 3.63) is 122 Å². The minimum absolute atomic E-state index is 0.0653. The number of carbonyl (C=O) groups is 1. The summed E-state index contributed by atoms with van der Waals surface area (Å²) in [5.41, 5.74) is 8.49. The summed E-state index contributed by atoms with van der Waals surface area (Å²) in [5.74, 6) is 0.617. The predicted octanol–water partition coefficient (Wildman–Crippen LogP) is 7.44. The first-order valence-electron chi connectivity index (χ1n) is 12.8. The molecule has 0 fully saturated rings. The van der Waals surface area contributed by atoms with Gasteiger partial charge in [-0.2, -0.15) is 5.26 Å². The highest BCUT2D eigenvalue weighted by Crippen LogP contribution is 2.45. The van der Waals surface area contributed by atoms with Crippen LogP contribution in [-0.2, 0) is 11.4 Å². The van der Waals surface area contributed by atoms with Crippen molar-refractivity contribution < 1.29 is 28.5 Å². The first-order valence-corrected chi connectivity index (χ1v) is 13.9. The largest absolute Gasteiger partial charge is 0.493 e. The normalized spacial score (nSPS) is 13.8. The quantitative estimate of drug-likeness (QED) is 0.149. The summed E-state index contributed by atoms with van der Waals surface area (Å²) in [6.45, 7) is -0.145. The number of ether oxygens (including phenoxy) is 5. The standard InChI is InChI=1S/C32H23Cl3N2O6/c1-39-29-11-18(6-10-27(29)41-16-19-5-7-21(34)13-26(19)35)31-24-9-8-23(14-28(24)43-32(37)25(31)15-36)42-30(38)17-40-22-4-2-3-20(33)12-22/h2-14,31H,16-17,37H2,1H3. The van der Waals surface area contributed by atoms with Crippen LogP contribution in [0.5, 0.6) is 28.7 Å². The van der Waals surface area contributed by atoms with Gasteiger partial charge < -0.3 is 29.4 Å². The van der Waals surface area contributed by atoms with Gasteiger partial charge in [-0.3, -0.25) is 0 Å². The Morgan fingerprint density at radius 1 is 0.930 bits per heavy atom. The first-order chi connectivity index (χ1) is 20.7. The Morgan fingerprint density at radius 3 is 2.49 bits per heavy atom. The van der Waals surface area contributed by atoms with Crippen LogP contribution in [0.15, 0.2) is 90.3 Å². The van der Waals surface area contributed by atoms with E-state index in [-0.39, 0.29) is 30.4 Å². The van der Waals surface area contributed by atoms with Crippen LogP contribution >= 0.6 is 34.8 Å². The van der Waals surface area contributed by atoms with Crippen molar-refractivity contribution in [3.8, 4) is 34.8 Å². The lowest BCUT2D eigenvalue weighted by Gasteiger charge is -2.27. The number of nitriles is 1. The molecule has 1 atom stereocenters. The molecule has 1 heterocycles. The van der Waals surface area contributed by atoms with Crippen LogP contribution in [0.25, 0.3) is 0 Å². The number of hydrogen-bond donors (Lipinski definition) is 1. The third-order valence-electron chi connectivity index (χ3n) is 6.49. The molecule has 43 heavy (non-hydrogen) atoms. The molecule has 2 N–H and O–H groups in total. The fraction of sp³-hybridized carbons (Fsp3) is 0.125. The number of carbonyl (C=O) groups excluding carboxylic acids is 1. The highest BCUT2D eigenvalue weighted by atomic mass is 35.5. The Balaban J connectivity index is 1.36. The molecule has 0 saturated carbocycles. The van der Waals surface area contributed by atoms with Gasteiger partial charge in [0.2, 0.25) is 5.88 Å². The van der Waals surface area contributed by atoms with Gasteiger partial charge in [0.1, 0.15) is 35.5 Å². The van der Waals surface area contributed by atoms with E-state index in [9.17, 15) is 10.1 Å². The summed E-state index contributed by atoms with van der Waals surface area (Å²) < 4.78 is 28.2. The van der Waals surface area contributed by atoms with Crippen LogP contribution in [0.4, 0.5) is 0 Å². The summed E-state index contributed by atoms with van der Waals surface area (Å²) in [6.07, 6.45) is 0. The summed E-state index contributed by atoms with van der Waals surface area (Å²) in [6, 6.07) is 24.2. The molecule has 0 spiro atoms. The molecule has 1 aliphatic rings. The molecular weight excluding hydrogens is 615 g/mol. The van der Waals surface area contributed by atoms with Gasteiger partial charge in [0.05, 0.1) is 13.0 Å². The Hall–Kier alpha value is -4.55.